The molecule has 16 heavy (non-hydrogen) atoms. The van der Waals surface area contributed by atoms with Gasteiger partial charge in [-0.25, -0.2) is 8.42 Å². The van der Waals surface area contributed by atoms with E-state index in [9.17, 15) is 8.42 Å². The van der Waals surface area contributed by atoms with E-state index in [1.807, 2.05) is 7.05 Å². The molecule has 0 aromatic carbocycles. The Morgan fingerprint density at radius 3 is 2.62 bits per heavy atom. The zero-order chi connectivity index (χ0) is 11.3. The molecule has 0 radical (unpaired) electrons. The third-order valence-corrected chi connectivity index (χ3v) is 3.74. The summed E-state index contributed by atoms with van der Waals surface area (Å²) in [7, 11) is -0.818. The molecule has 98 valence electrons. The zero-order valence-corrected chi connectivity index (χ0v) is 11.7. The third kappa shape index (κ3) is 7.44. The van der Waals surface area contributed by atoms with E-state index in [1.54, 1.807) is 0 Å². The van der Waals surface area contributed by atoms with Crippen molar-refractivity contribution in [2.45, 2.75) is 12.8 Å². The van der Waals surface area contributed by atoms with Gasteiger partial charge in [0.2, 0.25) is 0 Å². The van der Waals surface area contributed by atoms with Crippen LogP contribution in [0, 0.1) is 5.92 Å². The molecule has 1 rings (SSSR count). The Morgan fingerprint density at radius 1 is 1.44 bits per heavy atom. The van der Waals surface area contributed by atoms with Gasteiger partial charge in [0.25, 0.3) is 0 Å². The Hall–Kier alpha value is 0.160. The number of halogens is 1. The number of nitrogens with zero attached hydrogens (tertiary/aromatic N) is 1. The van der Waals surface area contributed by atoms with Crippen molar-refractivity contribution in [3.8, 4) is 0 Å². The molecule has 1 unspecified atom stereocenters. The van der Waals surface area contributed by atoms with Crippen molar-refractivity contribution in [1.29, 1.82) is 0 Å². The predicted molar refractivity (Wildman–Crippen MR) is 70.0 cm³/mol. The monoisotopic (exact) mass is 270 g/mol. The van der Waals surface area contributed by atoms with Crippen LogP contribution in [0.3, 0.4) is 0 Å². The second-order valence-corrected chi connectivity index (χ2v) is 6.86. The summed E-state index contributed by atoms with van der Waals surface area (Å²) in [5, 5.41) is 3.37. The van der Waals surface area contributed by atoms with Crippen molar-refractivity contribution in [1.82, 2.24) is 10.2 Å². The predicted octanol–water partition coefficient (Wildman–Crippen LogP) is 0.384. The Morgan fingerprint density at radius 2 is 2.12 bits per heavy atom. The molecule has 0 aromatic heterocycles. The van der Waals surface area contributed by atoms with Gasteiger partial charge in [-0.3, -0.25) is 0 Å². The van der Waals surface area contributed by atoms with Gasteiger partial charge in [-0.1, -0.05) is 0 Å². The molecule has 0 amide bonds. The molecule has 0 aromatic rings. The quantitative estimate of drug-likeness (QED) is 0.785. The first-order chi connectivity index (χ1) is 6.97. The minimum absolute atomic E-state index is 0. The summed E-state index contributed by atoms with van der Waals surface area (Å²) in [5.74, 6) is 0.951. The molecule has 4 nitrogen and oxygen atoms in total. The number of piperidine rings is 1. The standard InChI is InChI=1S/C10H22N2O2S.ClH/c1-12(6-7-15(2,13)14)9-10-4-3-5-11-8-10;/h10-11H,3-9H2,1-2H3;1H. The van der Waals surface area contributed by atoms with Gasteiger partial charge < -0.3 is 10.2 Å². The van der Waals surface area contributed by atoms with Gasteiger partial charge in [-0.2, -0.15) is 0 Å². The summed E-state index contributed by atoms with van der Waals surface area (Å²) in [6, 6.07) is 0. The van der Waals surface area contributed by atoms with Gasteiger partial charge in [0.05, 0.1) is 5.75 Å². The van der Waals surface area contributed by atoms with Crippen LogP contribution in [-0.2, 0) is 9.84 Å². The van der Waals surface area contributed by atoms with Crippen LogP contribution < -0.4 is 5.32 Å². The second kappa shape index (κ2) is 7.48. The van der Waals surface area contributed by atoms with Crippen LogP contribution in [0.4, 0.5) is 0 Å². The molecule has 0 spiro atoms. The highest BCUT2D eigenvalue weighted by atomic mass is 35.5. The van der Waals surface area contributed by atoms with E-state index >= 15 is 0 Å². The lowest BCUT2D eigenvalue weighted by molar-refractivity contribution is 0.252. The fourth-order valence-corrected chi connectivity index (χ4v) is 2.58. The number of sulfone groups is 1. The number of rotatable bonds is 5. The highest BCUT2D eigenvalue weighted by Gasteiger charge is 2.15. The summed E-state index contributed by atoms with van der Waals surface area (Å²) in [6.07, 6.45) is 3.80. The topological polar surface area (TPSA) is 49.4 Å². The lowest BCUT2D eigenvalue weighted by atomic mass is 9.99. The zero-order valence-electron chi connectivity index (χ0n) is 10.1. The van der Waals surface area contributed by atoms with Crippen molar-refractivity contribution in [2.24, 2.45) is 5.92 Å². The van der Waals surface area contributed by atoms with E-state index in [2.05, 4.69) is 10.2 Å². The average molecular weight is 271 g/mol. The first-order valence-corrected chi connectivity index (χ1v) is 7.60. The van der Waals surface area contributed by atoms with Gasteiger partial charge in [0, 0.05) is 19.3 Å². The van der Waals surface area contributed by atoms with Crippen LogP contribution in [-0.4, -0.2) is 58.6 Å². The Labute approximate surface area is 105 Å². The van der Waals surface area contributed by atoms with Crippen LogP contribution >= 0.6 is 12.4 Å². The van der Waals surface area contributed by atoms with Gasteiger partial charge in [0.15, 0.2) is 0 Å². The van der Waals surface area contributed by atoms with E-state index in [-0.39, 0.29) is 18.2 Å². The second-order valence-electron chi connectivity index (χ2n) is 4.60. The normalized spacial score (nSPS) is 21.8. The molecule has 0 aliphatic carbocycles. The minimum atomic E-state index is -2.82. The summed E-state index contributed by atoms with van der Waals surface area (Å²) in [4.78, 5) is 2.12. The lowest BCUT2D eigenvalue weighted by Crippen LogP contribution is -2.38. The van der Waals surface area contributed by atoms with Gasteiger partial charge >= 0.3 is 0 Å². The molecular weight excluding hydrogens is 248 g/mol. The van der Waals surface area contributed by atoms with Crippen LogP contribution in [0.2, 0.25) is 0 Å². The molecule has 0 bridgehead atoms. The Balaban J connectivity index is 0.00000225. The smallest absolute Gasteiger partial charge is 0.148 e. The minimum Gasteiger partial charge on any atom is -0.316 e. The number of hydrogen-bond acceptors (Lipinski definition) is 4. The van der Waals surface area contributed by atoms with Crippen LogP contribution in [0.5, 0.6) is 0 Å². The van der Waals surface area contributed by atoms with Crippen LogP contribution in [0.15, 0.2) is 0 Å². The van der Waals surface area contributed by atoms with Crippen LogP contribution in [0.25, 0.3) is 0 Å². The van der Waals surface area contributed by atoms with Crippen molar-refractivity contribution in [2.75, 3.05) is 45.2 Å². The SMILES string of the molecule is CN(CCS(C)(=O)=O)CC1CCCNC1.Cl. The van der Waals surface area contributed by atoms with Crippen molar-refractivity contribution >= 4 is 22.2 Å². The maximum atomic E-state index is 11.0. The molecule has 1 atom stereocenters. The fraction of sp³-hybridized carbons (Fsp3) is 1.00. The summed E-state index contributed by atoms with van der Waals surface area (Å²) in [5.41, 5.74) is 0. The van der Waals surface area contributed by atoms with Gasteiger partial charge in [-0.05, 0) is 38.9 Å². The maximum absolute atomic E-state index is 11.0. The van der Waals surface area contributed by atoms with E-state index in [0.717, 1.165) is 19.6 Å². The van der Waals surface area contributed by atoms with Gasteiger partial charge in [-0.15, -0.1) is 12.4 Å². The first kappa shape index (κ1) is 16.2. The first-order valence-electron chi connectivity index (χ1n) is 5.54. The average Bonchev–Trinajstić information content (AvgIpc) is 2.15. The summed E-state index contributed by atoms with van der Waals surface area (Å²) < 4.78 is 22.0. The lowest BCUT2D eigenvalue weighted by Gasteiger charge is -2.27. The van der Waals surface area contributed by atoms with E-state index < -0.39 is 9.84 Å². The van der Waals surface area contributed by atoms with Crippen LogP contribution in [0.1, 0.15) is 12.8 Å². The number of hydrogen-bond donors (Lipinski definition) is 1. The van der Waals surface area contributed by atoms with Crippen molar-refractivity contribution in [3.05, 3.63) is 0 Å². The molecule has 1 aliphatic heterocycles. The summed E-state index contributed by atoms with van der Waals surface area (Å²) in [6.45, 7) is 3.85. The molecule has 1 fully saturated rings. The van der Waals surface area contributed by atoms with Gasteiger partial charge in [0.1, 0.15) is 9.84 Å². The Kier molecular flexibility index (Phi) is 7.55. The number of nitrogens with one attached hydrogen (secondary N) is 1. The highest BCUT2D eigenvalue weighted by Crippen LogP contribution is 2.10. The molecule has 6 heteroatoms. The van der Waals surface area contributed by atoms with E-state index in [1.165, 1.54) is 19.1 Å². The maximum Gasteiger partial charge on any atom is 0.148 e. The molecule has 1 saturated heterocycles. The summed E-state index contributed by atoms with van der Waals surface area (Å²) >= 11 is 0. The molecule has 1 heterocycles. The largest absolute Gasteiger partial charge is 0.316 e. The molecule has 1 N–H and O–H groups in total. The Bertz CT molecular complexity index is 277. The third-order valence-electron chi connectivity index (χ3n) is 2.81. The van der Waals surface area contributed by atoms with Crippen molar-refractivity contribution < 1.29 is 8.42 Å². The van der Waals surface area contributed by atoms with E-state index in [0.29, 0.717) is 12.5 Å². The van der Waals surface area contributed by atoms with E-state index in [4.69, 9.17) is 0 Å². The van der Waals surface area contributed by atoms with Crippen molar-refractivity contribution in [3.63, 3.8) is 0 Å². The highest BCUT2D eigenvalue weighted by molar-refractivity contribution is 7.90. The molecule has 1 aliphatic rings. The molecular formula is C10H23ClN2O2S. The molecule has 0 saturated carbocycles. The fourth-order valence-electron chi connectivity index (χ4n) is 1.93.